The first-order chi connectivity index (χ1) is 9.08. The van der Waals surface area contributed by atoms with Crippen LogP contribution in [0.4, 0.5) is 0 Å². The van der Waals surface area contributed by atoms with Crippen molar-refractivity contribution < 1.29 is 4.79 Å². The largest absolute Gasteiger partial charge is 0.341 e. The Balaban J connectivity index is 2.12. The lowest BCUT2D eigenvalue weighted by Crippen LogP contribution is -2.30. The van der Waals surface area contributed by atoms with Crippen molar-refractivity contribution >= 4 is 5.91 Å². The van der Waals surface area contributed by atoms with Crippen molar-refractivity contribution in [3.8, 4) is 5.69 Å². The fraction of sp³-hybridized carbons (Fsp3) is 0.333. The number of rotatable bonds is 4. The molecular formula is C15H19N3O. The van der Waals surface area contributed by atoms with Crippen LogP contribution in [0.3, 0.4) is 0 Å². The Bertz CT molecular complexity index is 529. The number of carbonyl (C=O) groups is 1. The molecule has 0 aliphatic heterocycles. The van der Waals surface area contributed by atoms with Gasteiger partial charge in [0.15, 0.2) is 0 Å². The Hall–Kier alpha value is -2.10. The second kappa shape index (κ2) is 5.69. The number of hydrogen-bond acceptors (Lipinski definition) is 2. The van der Waals surface area contributed by atoms with Crippen molar-refractivity contribution in [2.75, 3.05) is 13.6 Å². The van der Waals surface area contributed by atoms with E-state index < -0.39 is 0 Å². The predicted octanol–water partition coefficient (Wildman–Crippen LogP) is 2.60. The number of nitrogens with zero attached hydrogens (tertiary/aromatic N) is 3. The summed E-state index contributed by atoms with van der Waals surface area (Å²) < 4.78 is 1.77. The molecule has 19 heavy (non-hydrogen) atoms. The zero-order valence-electron chi connectivity index (χ0n) is 11.6. The molecule has 0 saturated carbocycles. The first-order valence-electron chi connectivity index (χ1n) is 6.43. The van der Waals surface area contributed by atoms with Crippen LogP contribution >= 0.6 is 0 Å². The Kier molecular flexibility index (Phi) is 4.00. The van der Waals surface area contributed by atoms with Gasteiger partial charge in [0.2, 0.25) is 0 Å². The first-order valence-corrected chi connectivity index (χ1v) is 6.43. The van der Waals surface area contributed by atoms with Gasteiger partial charge in [0, 0.05) is 31.5 Å². The van der Waals surface area contributed by atoms with Gasteiger partial charge in [-0.2, -0.15) is 5.10 Å². The third-order valence-corrected chi connectivity index (χ3v) is 2.87. The topological polar surface area (TPSA) is 38.1 Å². The highest BCUT2D eigenvalue weighted by Gasteiger charge is 2.12. The van der Waals surface area contributed by atoms with Crippen molar-refractivity contribution in [3.05, 3.63) is 48.3 Å². The molecule has 1 heterocycles. The van der Waals surface area contributed by atoms with Crippen molar-refractivity contribution in [3.63, 3.8) is 0 Å². The number of benzene rings is 1. The van der Waals surface area contributed by atoms with Crippen LogP contribution in [0, 0.1) is 5.92 Å². The average Bonchev–Trinajstić information content (AvgIpc) is 2.91. The van der Waals surface area contributed by atoms with Gasteiger partial charge in [-0.25, -0.2) is 4.68 Å². The van der Waals surface area contributed by atoms with Crippen LogP contribution in [0.1, 0.15) is 24.2 Å². The van der Waals surface area contributed by atoms with Gasteiger partial charge in [0.05, 0.1) is 5.69 Å². The van der Waals surface area contributed by atoms with E-state index in [2.05, 4.69) is 18.9 Å². The first kappa shape index (κ1) is 13.3. The van der Waals surface area contributed by atoms with E-state index in [1.54, 1.807) is 15.8 Å². The summed E-state index contributed by atoms with van der Waals surface area (Å²) in [5, 5.41) is 4.16. The summed E-state index contributed by atoms with van der Waals surface area (Å²) >= 11 is 0. The molecule has 0 atom stereocenters. The van der Waals surface area contributed by atoms with Crippen molar-refractivity contribution in [2.24, 2.45) is 5.92 Å². The maximum atomic E-state index is 12.2. The molecule has 0 bridgehead atoms. The molecule has 1 aromatic heterocycles. The van der Waals surface area contributed by atoms with E-state index in [0.29, 0.717) is 11.5 Å². The highest BCUT2D eigenvalue weighted by molar-refractivity contribution is 5.94. The molecule has 1 aromatic carbocycles. The highest BCUT2D eigenvalue weighted by Crippen LogP contribution is 2.11. The minimum absolute atomic E-state index is 0.0562. The Labute approximate surface area is 113 Å². The van der Waals surface area contributed by atoms with Crippen molar-refractivity contribution in [2.45, 2.75) is 13.8 Å². The fourth-order valence-corrected chi connectivity index (χ4v) is 2.03. The van der Waals surface area contributed by atoms with Crippen molar-refractivity contribution in [1.82, 2.24) is 14.7 Å². The molecule has 1 amide bonds. The molecule has 0 aliphatic rings. The van der Waals surface area contributed by atoms with Gasteiger partial charge >= 0.3 is 0 Å². The van der Waals surface area contributed by atoms with Gasteiger partial charge in [-0.15, -0.1) is 0 Å². The van der Waals surface area contributed by atoms with Crippen molar-refractivity contribution in [1.29, 1.82) is 0 Å². The van der Waals surface area contributed by atoms with Gasteiger partial charge in [-0.05, 0) is 36.2 Å². The summed E-state index contributed by atoms with van der Waals surface area (Å²) in [4.78, 5) is 13.9. The lowest BCUT2D eigenvalue weighted by Gasteiger charge is -2.19. The molecule has 0 N–H and O–H groups in total. The van der Waals surface area contributed by atoms with Gasteiger partial charge in [0.1, 0.15) is 0 Å². The highest BCUT2D eigenvalue weighted by atomic mass is 16.2. The minimum atomic E-state index is 0.0562. The molecule has 4 nitrogen and oxygen atoms in total. The van der Waals surface area contributed by atoms with Crippen LogP contribution in [0.2, 0.25) is 0 Å². The lowest BCUT2D eigenvalue weighted by molar-refractivity contribution is 0.0779. The van der Waals surface area contributed by atoms with Gasteiger partial charge in [-0.3, -0.25) is 4.79 Å². The molecular weight excluding hydrogens is 238 g/mol. The molecule has 0 fully saturated rings. The molecule has 0 aliphatic carbocycles. The van der Waals surface area contributed by atoms with Crippen LogP contribution < -0.4 is 0 Å². The average molecular weight is 257 g/mol. The zero-order valence-corrected chi connectivity index (χ0v) is 11.6. The molecule has 0 radical (unpaired) electrons. The van der Waals surface area contributed by atoms with E-state index in [1.165, 1.54) is 0 Å². The quantitative estimate of drug-likeness (QED) is 0.844. The number of hydrogen-bond donors (Lipinski definition) is 0. The van der Waals surface area contributed by atoms with E-state index >= 15 is 0 Å². The summed E-state index contributed by atoms with van der Waals surface area (Å²) in [5.74, 6) is 0.526. The third kappa shape index (κ3) is 3.22. The summed E-state index contributed by atoms with van der Waals surface area (Å²) in [7, 11) is 1.84. The molecule has 0 unspecified atom stereocenters. The minimum Gasteiger partial charge on any atom is -0.341 e. The SMILES string of the molecule is CC(C)CN(C)C(=O)c1ccc(-n2cccn2)cc1. The van der Waals surface area contributed by atoms with Crippen LogP contribution in [-0.4, -0.2) is 34.2 Å². The predicted molar refractivity (Wildman–Crippen MR) is 75.4 cm³/mol. The Morgan fingerprint density at radius 1 is 1.32 bits per heavy atom. The Morgan fingerprint density at radius 2 is 2.00 bits per heavy atom. The normalized spacial score (nSPS) is 10.7. The van der Waals surface area contributed by atoms with E-state index in [4.69, 9.17) is 0 Å². The summed E-state index contributed by atoms with van der Waals surface area (Å²) in [6.07, 6.45) is 3.61. The fourth-order valence-electron chi connectivity index (χ4n) is 2.03. The summed E-state index contributed by atoms with van der Waals surface area (Å²) in [6, 6.07) is 9.37. The standard InChI is InChI=1S/C15H19N3O/c1-12(2)11-17(3)15(19)13-5-7-14(8-6-13)18-10-4-9-16-18/h4-10,12H,11H2,1-3H3. The third-order valence-electron chi connectivity index (χ3n) is 2.87. The molecule has 0 spiro atoms. The van der Waals surface area contributed by atoms with E-state index in [1.807, 2.05) is 43.6 Å². The summed E-state index contributed by atoms with van der Waals surface area (Å²) in [5.41, 5.74) is 1.66. The molecule has 4 heteroatoms. The Morgan fingerprint density at radius 3 is 2.53 bits per heavy atom. The van der Waals surface area contributed by atoms with Crippen LogP contribution in [0.25, 0.3) is 5.69 Å². The maximum absolute atomic E-state index is 12.2. The van der Waals surface area contributed by atoms with E-state index in [9.17, 15) is 4.79 Å². The van der Waals surface area contributed by atoms with E-state index in [0.717, 1.165) is 12.2 Å². The molecule has 2 rings (SSSR count). The number of aromatic nitrogens is 2. The summed E-state index contributed by atoms with van der Waals surface area (Å²) in [6.45, 7) is 4.97. The number of amides is 1. The molecule has 2 aromatic rings. The smallest absolute Gasteiger partial charge is 0.253 e. The molecule has 0 saturated heterocycles. The monoisotopic (exact) mass is 257 g/mol. The maximum Gasteiger partial charge on any atom is 0.253 e. The second-order valence-corrected chi connectivity index (χ2v) is 5.08. The van der Waals surface area contributed by atoms with Crippen LogP contribution in [0.5, 0.6) is 0 Å². The molecule has 100 valence electrons. The lowest BCUT2D eigenvalue weighted by atomic mass is 10.1. The van der Waals surface area contributed by atoms with Crippen LogP contribution in [-0.2, 0) is 0 Å². The number of carbonyl (C=O) groups excluding carboxylic acids is 1. The van der Waals surface area contributed by atoms with E-state index in [-0.39, 0.29) is 5.91 Å². The van der Waals surface area contributed by atoms with Gasteiger partial charge < -0.3 is 4.90 Å². The second-order valence-electron chi connectivity index (χ2n) is 5.08. The van der Waals surface area contributed by atoms with Gasteiger partial charge in [-0.1, -0.05) is 13.8 Å². The van der Waals surface area contributed by atoms with Crippen LogP contribution in [0.15, 0.2) is 42.7 Å². The zero-order chi connectivity index (χ0) is 13.8. The van der Waals surface area contributed by atoms with Gasteiger partial charge in [0.25, 0.3) is 5.91 Å².